The van der Waals surface area contributed by atoms with Crippen molar-refractivity contribution >= 4 is 5.91 Å². The van der Waals surface area contributed by atoms with Crippen LogP contribution in [0.2, 0.25) is 0 Å². The van der Waals surface area contributed by atoms with Crippen LogP contribution in [0.5, 0.6) is 0 Å². The van der Waals surface area contributed by atoms with Crippen LogP contribution in [0.25, 0.3) is 0 Å². The number of imidazole rings is 1. The number of aryl methyl sites for hydroxylation is 2. The van der Waals surface area contributed by atoms with Gasteiger partial charge >= 0.3 is 0 Å². The second-order valence-corrected chi connectivity index (χ2v) is 5.15. The van der Waals surface area contributed by atoms with Crippen molar-refractivity contribution in [1.29, 1.82) is 0 Å². The molecule has 0 aromatic carbocycles. The zero-order valence-corrected chi connectivity index (χ0v) is 11.4. The first kappa shape index (κ1) is 12.8. The Hall–Kier alpha value is -2.24. The quantitative estimate of drug-likeness (QED) is 0.903. The standard InChI is InChI=1S/C14H17N5O/c1-10-6-17-12(8-16-10)14(20)18-7-11-2-3-13-15-4-5-19(13)9-11/h4-6,8,11H,2-3,7,9H2,1H3,(H,18,20). The molecule has 2 aromatic rings. The summed E-state index contributed by atoms with van der Waals surface area (Å²) in [6.07, 6.45) is 8.97. The van der Waals surface area contributed by atoms with Gasteiger partial charge in [-0.05, 0) is 19.3 Å². The summed E-state index contributed by atoms with van der Waals surface area (Å²) >= 11 is 0. The van der Waals surface area contributed by atoms with E-state index in [1.807, 2.05) is 19.3 Å². The molecule has 1 N–H and O–H groups in total. The van der Waals surface area contributed by atoms with Crippen molar-refractivity contribution in [2.24, 2.45) is 5.92 Å². The van der Waals surface area contributed by atoms with Crippen molar-refractivity contribution in [2.45, 2.75) is 26.3 Å². The molecule has 2 aromatic heterocycles. The number of nitrogens with one attached hydrogen (secondary N) is 1. The first-order valence-corrected chi connectivity index (χ1v) is 6.79. The lowest BCUT2D eigenvalue weighted by atomic mass is 9.99. The molecule has 1 unspecified atom stereocenters. The number of hydrogen-bond acceptors (Lipinski definition) is 4. The van der Waals surface area contributed by atoms with Gasteiger partial charge in [-0.2, -0.15) is 0 Å². The number of carbonyl (C=O) groups is 1. The second kappa shape index (κ2) is 5.40. The third kappa shape index (κ3) is 2.68. The number of nitrogens with zero attached hydrogens (tertiary/aromatic N) is 4. The molecule has 0 spiro atoms. The van der Waals surface area contributed by atoms with Gasteiger partial charge in [0.1, 0.15) is 11.5 Å². The topological polar surface area (TPSA) is 72.7 Å². The van der Waals surface area contributed by atoms with Gasteiger partial charge in [-0.3, -0.25) is 9.78 Å². The average Bonchev–Trinajstić information content (AvgIpc) is 2.93. The summed E-state index contributed by atoms with van der Waals surface area (Å²) < 4.78 is 2.16. The number of aromatic nitrogens is 4. The highest BCUT2D eigenvalue weighted by Crippen LogP contribution is 2.17. The van der Waals surface area contributed by atoms with Gasteiger partial charge in [-0.25, -0.2) is 9.97 Å². The molecule has 1 aliphatic heterocycles. The molecule has 1 aliphatic rings. The normalized spacial score (nSPS) is 17.6. The zero-order valence-electron chi connectivity index (χ0n) is 11.4. The van der Waals surface area contributed by atoms with Gasteiger partial charge in [-0.15, -0.1) is 0 Å². The van der Waals surface area contributed by atoms with Crippen LogP contribution in [-0.2, 0) is 13.0 Å². The predicted octanol–water partition coefficient (Wildman–Crippen LogP) is 0.974. The Labute approximate surface area is 117 Å². The summed E-state index contributed by atoms with van der Waals surface area (Å²) in [5.41, 5.74) is 1.18. The van der Waals surface area contributed by atoms with Gasteiger partial charge < -0.3 is 9.88 Å². The number of fused-ring (bicyclic) bond motifs is 1. The summed E-state index contributed by atoms with van der Waals surface area (Å²) in [5.74, 6) is 1.42. The molecule has 3 rings (SSSR count). The van der Waals surface area contributed by atoms with Crippen LogP contribution < -0.4 is 5.32 Å². The number of amides is 1. The third-order valence-electron chi connectivity index (χ3n) is 3.60. The first-order valence-electron chi connectivity index (χ1n) is 6.79. The molecule has 3 heterocycles. The minimum atomic E-state index is -0.158. The molecule has 20 heavy (non-hydrogen) atoms. The number of carbonyl (C=O) groups excluding carboxylic acids is 1. The van der Waals surface area contributed by atoms with E-state index in [1.54, 1.807) is 6.20 Å². The van der Waals surface area contributed by atoms with Crippen LogP contribution in [0.15, 0.2) is 24.8 Å². The number of hydrogen-bond donors (Lipinski definition) is 1. The zero-order chi connectivity index (χ0) is 13.9. The largest absolute Gasteiger partial charge is 0.350 e. The highest BCUT2D eigenvalue weighted by Gasteiger charge is 2.19. The highest BCUT2D eigenvalue weighted by molar-refractivity contribution is 5.91. The minimum Gasteiger partial charge on any atom is -0.350 e. The summed E-state index contributed by atoms with van der Waals surface area (Å²) in [6, 6.07) is 0. The van der Waals surface area contributed by atoms with Crippen molar-refractivity contribution in [1.82, 2.24) is 24.8 Å². The molecular weight excluding hydrogens is 254 g/mol. The molecule has 0 saturated heterocycles. The minimum absolute atomic E-state index is 0.158. The van der Waals surface area contributed by atoms with Crippen molar-refractivity contribution in [3.8, 4) is 0 Å². The summed E-state index contributed by atoms with van der Waals surface area (Å²) in [6.45, 7) is 3.42. The maximum absolute atomic E-state index is 12.0. The van der Waals surface area contributed by atoms with Crippen molar-refractivity contribution in [3.05, 3.63) is 42.0 Å². The third-order valence-corrected chi connectivity index (χ3v) is 3.60. The van der Waals surface area contributed by atoms with E-state index in [2.05, 4.69) is 24.8 Å². The molecule has 0 saturated carbocycles. The van der Waals surface area contributed by atoms with Crippen molar-refractivity contribution < 1.29 is 4.79 Å². The van der Waals surface area contributed by atoms with Gasteiger partial charge in [0.05, 0.1) is 11.9 Å². The van der Waals surface area contributed by atoms with Gasteiger partial charge in [0.2, 0.25) is 0 Å². The second-order valence-electron chi connectivity index (χ2n) is 5.15. The van der Waals surface area contributed by atoms with E-state index >= 15 is 0 Å². The lowest BCUT2D eigenvalue weighted by Crippen LogP contribution is -2.34. The Bertz CT molecular complexity index is 604. The Morgan fingerprint density at radius 3 is 3.10 bits per heavy atom. The van der Waals surface area contributed by atoms with Crippen LogP contribution in [0.4, 0.5) is 0 Å². The van der Waals surface area contributed by atoms with Gasteiger partial charge in [0.15, 0.2) is 0 Å². The highest BCUT2D eigenvalue weighted by atomic mass is 16.1. The molecule has 6 heteroatoms. The fraction of sp³-hybridized carbons (Fsp3) is 0.429. The van der Waals surface area contributed by atoms with Crippen LogP contribution >= 0.6 is 0 Å². The molecule has 1 atom stereocenters. The van der Waals surface area contributed by atoms with E-state index in [0.717, 1.165) is 30.9 Å². The molecular formula is C14H17N5O. The molecule has 6 nitrogen and oxygen atoms in total. The SMILES string of the molecule is Cc1cnc(C(=O)NCC2CCc3nccn3C2)cn1. The fourth-order valence-corrected chi connectivity index (χ4v) is 2.44. The summed E-state index contributed by atoms with van der Waals surface area (Å²) in [5, 5.41) is 2.94. The molecule has 0 fully saturated rings. The Balaban J connectivity index is 1.55. The molecule has 0 aliphatic carbocycles. The monoisotopic (exact) mass is 271 g/mol. The van der Waals surface area contributed by atoms with Crippen LogP contribution in [0, 0.1) is 12.8 Å². The van der Waals surface area contributed by atoms with E-state index in [-0.39, 0.29) is 5.91 Å². The van der Waals surface area contributed by atoms with Crippen LogP contribution in [-0.4, -0.2) is 32.0 Å². The first-order chi connectivity index (χ1) is 9.72. The van der Waals surface area contributed by atoms with E-state index in [0.29, 0.717) is 18.2 Å². The Kier molecular flexibility index (Phi) is 3.45. The van der Waals surface area contributed by atoms with E-state index in [4.69, 9.17) is 0 Å². The maximum Gasteiger partial charge on any atom is 0.271 e. The van der Waals surface area contributed by atoms with Gasteiger partial charge in [0.25, 0.3) is 5.91 Å². The van der Waals surface area contributed by atoms with Crippen molar-refractivity contribution in [2.75, 3.05) is 6.54 Å². The van der Waals surface area contributed by atoms with E-state index in [9.17, 15) is 4.79 Å². The maximum atomic E-state index is 12.0. The van der Waals surface area contributed by atoms with Gasteiger partial charge in [-0.1, -0.05) is 0 Å². The van der Waals surface area contributed by atoms with Crippen LogP contribution in [0.1, 0.15) is 28.4 Å². The Morgan fingerprint density at radius 2 is 2.30 bits per heavy atom. The Morgan fingerprint density at radius 1 is 1.40 bits per heavy atom. The number of rotatable bonds is 3. The average molecular weight is 271 g/mol. The smallest absolute Gasteiger partial charge is 0.271 e. The molecule has 104 valence electrons. The van der Waals surface area contributed by atoms with E-state index in [1.165, 1.54) is 6.20 Å². The lowest BCUT2D eigenvalue weighted by Gasteiger charge is -2.23. The fourth-order valence-electron chi connectivity index (χ4n) is 2.44. The molecule has 1 amide bonds. The predicted molar refractivity (Wildman–Crippen MR) is 73.1 cm³/mol. The van der Waals surface area contributed by atoms with Crippen molar-refractivity contribution in [3.63, 3.8) is 0 Å². The van der Waals surface area contributed by atoms with Crippen LogP contribution in [0.3, 0.4) is 0 Å². The summed E-state index contributed by atoms with van der Waals surface area (Å²) in [4.78, 5) is 24.4. The van der Waals surface area contributed by atoms with Gasteiger partial charge in [0, 0.05) is 38.1 Å². The summed E-state index contributed by atoms with van der Waals surface area (Å²) in [7, 11) is 0. The molecule has 0 radical (unpaired) electrons. The lowest BCUT2D eigenvalue weighted by molar-refractivity contribution is 0.0938. The van der Waals surface area contributed by atoms with E-state index < -0.39 is 0 Å². The molecule has 0 bridgehead atoms.